The average Bonchev–Trinajstić information content (AvgIpc) is 2.97. The summed E-state index contributed by atoms with van der Waals surface area (Å²) in [5.74, 6) is -0.00674. The van der Waals surface area contributed by atoms with E-state index in [1.807, 2.05) is 13.8 Å². The average molecular weight is 320 g/mol. The van der Waals surface area contributed by atoms with Crippen molar-refractivity contribution in [1.82, 2.24) is 0 Å². The van der Waals surface area contributed by atoms with E-state index in [0.29, 0.717) is 12.1 Å². The molecule has 1 aromatic rings. The molecule has 2 N–H and O–H groups in total. The number of fused-ring (bicyclic) bond motifs is 1. The van der Waals surface area contributed by atoms with Crippen LogP contribution >= 0.6 is 11.3 Å². The second-order valence-electron chi connectivity index (χ2n) is 6.31. The Hall–Kier alpha value is -1.42. The number of hydrogen-bond donors (Lipinski definition) is 2. The lowest BCUT2D eigenvalue weighted by atomic mass is 10.1. The fourth-order valence-electron chi connectivity index (χ4n) is 3.54. The molecule has 2 aliphatic rings. The summed E-state index contributed by atoms with van der Waals surface area (Å²) in [6, 6.07) is 2.27. The van der Waals surface area contributed by atoms with Gasteiger partial charge in [0.2, 0.25) is 0 Å². The number of anilines is 1. The summed E-state index contributed by atoms with van der Waals surface area (Å²) >= 11 is 1.58. The molecule has 118 valence electrons. The Morgan fingerprint density at radius 1 is 1.41 bits per heavy atom. The van der Waals surface area contributed by atoms with Crippen molar-refractivity contribution in [2.75, 3.05) is 25.0 Å². The predicted molar refractivity (Wildman–Crippen MR) is 85.3 cm³/mol. The molecule has 1 aromatic heterocycles. The number of nitrogens with zero attached hydrogens (tertiary/aromatic N) is 1. The fraction of sp³-hybridized carbons (Fsp3) is 0.625. The van der Waals surface area contributed by atoms with Crippen LogP contribution in [0.15, 0.2) is 0 Å². The van der Waals surface area contributed by atoms with E-state index in [0.717, 1.165) is 42.9 Å². The number of aryl methyl sites for hydroxylation is 1. The van der Waals surface area contributed by atoms with Gasteiger partial charge in [-0.3, -0.25) is 4.79 Å². The van der Waals surface area contributed by atoms with Crippen LogP contribution in [0, 0.1) is 11.3 Å². The number of thiophene rings is 1. The Balaban J connectivity index is 1.64. The molecule has 1 aliphatic carbocycles. The Morgan fingerprint density at radius 2 is 2.14 bits per heavy atom. The molecule has 3 atom stereocenters. The zero-order chi connectivity index (χ0) is 15.7. The lowest BCUT2D eigenvalue weighted by Crippen LogP contribution is -3.16. The SMILES string of the molecule is C[C@@H]1C[NH+](CC(=O)Nc2sc3c(c2C#N)CCC3)C[C@H](C)O1. The highest BCUT2D eigenvalue weighted by atomic mass is 32.1. The van der Waals surface area contributed by atoms with E-state index in [9.17, 15) is 10.1 Å². The lowest BCUT2D eigenvalue weighted by Gasteiger charge is -2.31. The quantitative estimate of drug-likeness (QED) is 0.863. The normalized spacial score (nSPS) is 27.2. The van der Waals surface area contributed by atoms with Crippen LogP contribution in [0.3, 0.4) is 0 Å². The Bertz CT molecular complexity index is 610. The van der Waals surface area contributed by atoms with E-state index in [2.05, 4.69) is 11.4 Å². The van der Waals surface area contributed by atoms with Gasteiger partial charge in [-0.05, 0) is 38.7 Å². The number of ether oxygens (including phenoxy) is 1. The standard InChI is InChI=1S/C16H21N3O2S/c1-10-7-19(8-11(2)21-10)9-15(20)18-16-13(6-17)12-4-3-5-14(12)22-16/h10-11H,3-5,7-9H2,1-2H3,(H,18,20)/p+1/t10-,11+. The summed E-state index contributed by atoms with van der Waals surface area (Å²) in [6.45, 7) is 6.23. The molecule has 6 heteroatoms. The van der Waals surface area contributed by atoms with Crippen molar-refractivity contribution in [2.45, 2.75) is 45.3 Å². The van der Waals surface area contributed by atoms with Crippen molar-refractivity contribution >= 4 is 22.2 Å². The minimum atomic E-state index is -0.00674. The fourth-order valence-corrected chi connectivity index (χ4v) is 4.80. The Morgan fingerprint density at radius 3 is 2.82 bits per heavy atom. The maximum atomic E-state index is 12.3. The lowest BCUT2D eigenvalue weighted by molar-refractivity contribution is -0.907. The summed E-state index contributed by atoms with van der Waals surface area (Å²) in [4.78, 5) is 14.8. The molecule has 1 unspecified atom stereocenters. The van der Waals surface area contributed by atoms with Crippen molar-refractivity contribution in [3.63, 3.8) is 0 Å². The van der Waals surface area contributed by atoms with Crippen molar-refractivity contribution in [1.29, 1.82) is 5.26 Å². The molecule has 22 heavy (non-hydrogen) atoms. The van der Waals surface area contributed by atoms with Crippen LogP contribution in [0.1, 0.15) is 36.3 Å². The van der Waals surface area contributed by atoms with Gasteiger partial charge in [0, 0.05) is 4.88 Å². The maximum absolute atomic E-state index is 12.3. The van der Waals surface area contributed by atoms with Gasteiger partial charge in [-0.2, -0.15) is 5.26 Å². The molecule has 3 rings (SSSR count). The Labute approximate surface area is 134 Å². The van der Waals surface area contributed by atoms with Gasteiger partial charge >= 0.3 is 0 Å². The zero-order valence-corrected chi connectivity index (χ0v) is 13.9. The molecule has 2 heterocycles. The van der Waals surface area contributed by atoms with Crippen LogP contribution in [0.2, 0.25) is 0 Å². The summed E-state index contributed by atoms with van der Waals surface area (Å²) in [5, 5.41) is 13.1. The summed E-state index contributed by atoms with van der Waals surface area (Å²) in [7, 11) is 0. The molecule has 5 nitrogen and oxygen atoms in total. The molecule has 1 saturated heterocycles. The van der Waals surface area contributed by atoms with Crippen molar-refractivity contribution in [2.24, 2.45) is 0 Å². The van der Waals surface area contributed by atoms with Crippen LogP contribution in [0.5, 0.6) is 0 Å². The number of carbonyl (C=O) groups is 1. The Kier molecular flexibility index (Phi) is 4.48. The molecule has 0 spiro atoms. The van der Waals surface area contributed by atoms with Crippen molar-refractivity contribution < 1.29 is 14.4 Å². The molecule has 0 radical (unpaired) electrons. The third-order valence-corrected chi connectivity index (χ3v) is 5.52. The van der Waals surface area contributed by atoms with Crippen LogP contribution in [-0.2, 0) is 22.4 Å². The van der Waals surface area contributed by atoms with Gasteiger partial charge in [-0.1, -0.05) is 0 Å². The van der Waals surface area contributed by atoms with Crippen LogP contribution in [0.4, 0.5) is 5.00 Å². The first-order valence-corrected chi connectivity index (χ1v) is 8.72. The van der Waals surface area contributed by atoms with Gasteiger partial charge < -0.3 is 15.0 Å². The smallest absolute Gasteiger partial charge is 0.280 e. The first kappa shape index (κ1) is 15.5. The van der Waals surface area contributed by atoms with Crippen LogP contribution < -0.4 is 10.2 Å². The van der Waals surface area contributed by atoms with Gasteiger partial charge in [0.15, 0.2) is 6.54 Å². The topological polar surface area (TPSA) is 66.6 Å². The highest BCUT2D eigenvalue weighted by molar-refractivity contribution is 7.16. The molecule has 0 aromatic carbocycles. The van der Waals surface area contributed by atoms with E-state index in [1.165, 1.54) is 9.78 Å². The van der Waals surface area contributed by atoms with E-state index in [-0.39, 0.29) is 18.1 Å². The van der Waals surface area contributed by atoms with Gasteiger partial charge in [0.1, 0.15) is 36.4 Å². The van der Waals surface area contributed by atoms with Gasteiger partial charge in [-0.15, -0.1) is 11.3 Å². The van der Waals surface area contributed by atoms with Crippen molar-refractivity contribution in [3.05, 3.63) is 16.0 Å². The number of nitrogens with one attached hydrogen (secondary N) is 2. The van der Waals surface area contributed by atoms with Gasteiger partial charge in [0.05, 0.1) is 5.56 Å². The number of rotatable bonds is 3. The molecule has 0 bridgehead atoms. The molecular weight excluding hydrogens is 298 g/mol. The number of quaternary nitrogens is 1. The molecular formula is C16H22N3O2S+. The molecule has 1 aliphatic heterocycles. The molecule has 1 amide bonds. The minimum absolute atomic E-state index is 0.00674. The van der Waals surface area contributed by atoms with Gasteiger partial charge in [0.25, 0.3) is 5.91 Å². The van der Waals surface area contributed by atoms with Crippen LogP contribution in [-0.4, -0.2) is 37.7 Å². The molecule has 0 saturated carbocycles. The first-order valence-electron chi connectivity index (χ1n) is 7.90. The summed E-state index contributed by atoms with van der Waals surface area (Å²) in [6.07, 6.45) is 3.50. The summed E-state index contributed by atoms with van der Waals surface area (Å²) in [5.41, 5.74) is 1.84. The third kappa shape index (κ3) is 3.17. The minimum Gasteiger partial charge on any atom is -0.364 e. The second kappa shape index (κ2) is 6.37. The number of morpholine rings is 1. The highest BCUT2D eigenvalue weighted by Crippen LogP contribution is 2.38. The second-order valence-corrected chi connectivity index (χ2v) is 7.42. The first-order chi connectivity index (χ1) is 10.6. The van der Waals surface area contributed by atoms with Crippen molar-refractivity contribution in [3.8, 4) is 6.07 Å². The van der Waals surface area contributed by atoms with Crippen LogP contribution in [0.25, 0.3) is 0 Å². The third-order valence-electron chi connectivity index (χ3n) is 4.31. The highest BCUT2D eigenvalue weighted by Gasteiger charge is 2.28. The van der Waals surface area contributed by atoms with Gasteiger partial charge in [-0.25, -0.2) is 0 Å². The molecule has 1 fully saturated rings. The number of amides is 1. The zero-order valence-electron chi connectivity index (χ0n) is 13.1. The van der Waals surface area contributed by atoms with E-state index < -0.39 is 0 Å². The van der Waals surface area contributed by atoms with E-state index in [1.54, 1.807) is 11.3 Å². The van der Waals surface area contributed by atoms with E-state index >= 15 is 0 Å². The summed E-state index contributed by atoms with van der Waals surface area (Å²) < 4.78 is 5.70. The van der Waals surface area contributed by atoms with E-state index in [4.69, 9.17) is 4.74 Å². The number of nitriles is 1. The number of carbonyl (C=O) groups excluding carboxylic acids is 1. The predicted octanol–water partition coefficient (Wildman–Crippen LogP) is 0.739. The monoisotopic (exact) mass is 320 g/mol. The number of hydrogen-bond acceptors (Lipinski definition) is 4. The maximum Gasteiger partial charge on any atom is 0.280 e. The largest absolute Gasteiger partial charge is 0.364 e.